The van der Waals surface area contributed by atoms with Gasteiger partial charge in [0.1, 0.15) is 12.4 Å². The predicted molar refractivity (Wildman–Crippen MR) is 79.1 cm³/mol. The van der Waals surface area contributed by atoms with Crippen LogP contribution in [0.15, 0.2) is 36.0 Å². The SMILES string of the molecule is N[C@H]1CCc2cc(OCc3cn4ccsc4n3)ccc21. The minimum atomic E-state index is 0.193. The summed E-state index contributed by atoms with van der Waals surface area (Å²) in [7, 11) is 0. The van der Waals surface area contributed by atoms with Gasteiger partial charge in [-0.2, -0.15) is 0 Å². The molecule has 1 aliphatic carbocycles. The van der Waals surface area contributed by atoms with Crippen molar-refractivity contribution >= 4 is 16.3 Å². The van der Waals surface area contributed by atoms with Gasteiger partial charge in [-0.1, -0.05) is 6.07 Å². The minimum Gasteiger partial charge on any atom is -0.487 e. The number of aromatic nitrogens is 2. The molecule has 4 rings (SSSR count). The molecule has 0 fully saturated rings. The van der Waals surface area contributed by atoms with Gasteiger partial charge in [0, 0.05) is 23.8 Å². The van der Waals surface area contributed by atoms with E-state index >= 15 is 0 Å². The van der Waals surface area contributed by atoms with E-state index in [0.29, 0.717) is 6.61 Å². The van der Waals surface area contributed by atoms with Crippen LogP contribution in [-0.2, 0) is 13.0 Å². The second kappa shape index (κ2) is 4.61. The molecule has 2 N–H and O–H groups in total. The van der Waals surface area contributed by atoms with E-state index in [0.717, 1.165) is 29.2 Å². The highest BCUT2D eigenvalue weighted by atomic mass is 32.1. The van der Waals surface area contributed by atoms with E-state index in [1.807, 2.05) is 28.2 Å². The predicted octanol–water partition coefficient (Wildman–Crippen LogP) is 2.92. The molecule has 0 radical (unpaired) electrons. The molecule has 3 aromatic rings. The Bertz CT molecular complexity index is 733. The van der Waals surface area contributed by atoms with E-state index in [-0.39, 0.29) is 6.04 Å². The molecular weight excluding hydrogens is 270 g/mol. The van der Waals surface area contributed by atoms with Crippen molar-refractivity contribution in [1.29, 1.82) is 0 Å². The monoisotopic (exact) mass is 285 g/mol. The topological polar surface area (TPSA) is 52.5 Å². The molecule has 1 aliphatic rings. The summed E-state index contributed by atoms with van der Waals surface area (Å²) in [6.45, 7) is 0.499. The number of thiazole rings is 1. The molecule has 4 nitrogen and oxygen atoms in total. The average molecular weight is 285 g/mol. The van der Waals surface area contributed by atoms with Crippen molar-refractivity contribution in [3.05, 3.63) is 52.8 Å². The number of hydrogen-bond donors (Lipinski definition) is 1. The molecule has 102 valence electrons. The molecule has 0 spiro atoms. The van der Waals surface area contributed by atoms with Gasteiger partial charge >= 0.3 is 0 Å². The van der Waals surface area contributed by atoms with E-state index in [1.165, 1.54) is 11.1 Å². The van der Waals surface area contributed by atoms with Gasteiger partial charge in [0.05, 0.1) is 5.69 Å². The first-order valence-corrected chi connectivity index (χ1v) is 7.60. The van der Waals surface area contributed by atoms with Crippen LogP contribution in [0.5, 0.6) is 5.75 Å². The van der Waals surface area contributed by atoms with Gasteiger partial charge in [-0.15, -0.1) is 11.3 Å². The summed E-state index contributed by atoms with van der Waals surface area (Å²) in [4.78, 5) is 5.51. The van der Waals surface area contributed by atoms with Gasteiger partial charge in [-0.3, -0.25) is 4.40 Å². The van der Waals surface area contributed by atoms with Crippen molar-refractivity contribution in [2.45, 2.75) is 25.5 Å². The highest BCUT2D eigenvalue weighted by Gasteiger charge is 2.19. The van der Waals surface area contributed by atoms with Crippen LogP contribution >= 0.6 is 11.3 Å². The molecule has 0 aliphatic heterocycles. The second-order valence-electron chi connectivity index (χ2n) is 5.12. The van der Waals surface area contributed by atoms with Crippen LogP contribution in [0.2, 0.25) is 0 Å². The van der Waals surface area contributed by atoms with Crippen LogP contribution in [0.1, 0.15) is 29.3 Å². The minimum absolute atomic E-state index is 0.193. The Balaban J connectivity index is 1.50. The number of hydrogen-bond acceptors (Lipinski definition) is 4. The lowest BCUT2D eigenvalue weighted by Gasteiger charge is -2.08. The zero-order valence-corrected chi connectivity index (χ0v) is 11.8. The highest BCUT2D eigenvalue weighted by Crippen LogP contribution is 2.32. The first kappa shape index (κ1) is 11.9. The summed E-state index contributed by atoms with van der Waals surface area (Å²) < 4.78 is 7.86. The molecular formula is C15H15N3OS. The number of nitrogens with zero attached hydrogens (tertiary/aromatic N) is 2. The summed E-state index contributed by atoms with van der Waals surface area (Å²) in [5.74, 6) is 0.897. The molecule has 0 unspecified atom stereocenters. The number of ether oxygens (including phenoxy) is 1. The summed E-state index contributed by atoms with van der Waals surface area (Å²) in [5.41, 5.74) is 9.58. The summed E-state index contributed by atoms with van der Waals surface area (Å²) in [6, 6.07) is 6.40. The fourth-order valence-electron chi connectivity index (χ4n) is 2.72. The van der Waals surface area contributed by atoms with Crippen molar-refractivity contribution in [2.24, 2.45) is 5.73 Å². The van der Waals surface area contributed by atoms with E-state index in [9.17, 15) is 0 Å². The Morgan fingerprint density at radius 1 is 1.45 bits per heavy atom. The van der Waals surface area contributed by atoms with Gasteiger partial charge in [0.2, 0.25) is 0 Å². The van der Waals surface area contributed by atoms with E-state index in [2.05, 4.69) is 17.1 Å². The molecule has 1 aromatic carbocycles. The van der Waals surface area contributed by atoms with E-state index in [4.69, 9.17) is 10.5 Å². The van der Waals surface area contributed by atoms with Crippen LogP contribution in [0, 0.1) is 0 Å². The Kier molecular flexibility index (Phi) is 2.75. The quantitative estimate of drug-likeness (QED) is 0.805. The number of rotatable bonds is 3. The van der Waals surface area contributed by atoms with Gasteiger partial charge in [-0.25, -0.2) is 4.98 Å². The lowest BCUT2D eigenvalue weighted by molar-refractivity contribution is 0.302. The van der Waals surface area contributed by atoms with Crippen LogP contribution in [-0.4, -0.2) is 9.38 Å². The smallest absolute Gasteiger partial charge is 0.193 e. The van der Waals surface area contributed by atoms with Crippen molar-refractivity contribution < 1.29 is 4.74 Å². The Hall–Kier alpha value is -1.85. The van der Waals surface area contributed by atoms with Crippen molar-refractivity contribution in [2.75, 3.05) is 0 Å². The first-order valence-electron chi connectivity index (χ1n) is 6.72. The van der Waals surface area contributed by atoms with Gasteiger partial charge in [0.15, 0.2) is 4.96 Å². The molecule has 2 aromatic heterocycles. The van der Waals surface area contributed by atoms with Gasteiger partial charge in [-0.05, 0) is 36.1 Å². The molecule has 5 heteroatoms. The average Bonchev–Trinajstić information content (AvgIpc) is 3.11. The van der Waals surface area contributed by atoms with Crippen LogP contribution < -0.4 is 10.5 Å². The maximum absolute atomic E-state index is 6.04. The maximum atomic E-state index is 6.04. The normalized spacial score (nSPS) is 17.6. The highest BCUT2D eigenvalue weighted by molar-refractivity contribution is 7.15. The molecule has 20 heavy (non-hydrogen) atoms. The maximum Gasteiger partial charge on any atom is 0.193 e. The first-order chi connectivity index (χ1) is 9.79. The van der Waals surface area contributed by atoms with Crippen LogP contribution in [0.4, 0.5) is 0 Å². The largest absolute Gasteiger partial charge is 0.487 e. The number of benzene rings is 1. The number of nitrogens with two attached hydrogens (primary N) is 1. The lowest BCUT2D eigenvalue weighted by atomic mass is 10.1. The molecule has 0 bridgehead atoms. The molecule has 0 saturated carbocycles. The Morgan fingerprint density at radius 3 is 3.30 bits per heavy atom. The van der Waals surface area contributed by atoms with Crippen molar-refractivity contribution in [3.8, 4) is 5.75 Å². The van der Waals surface area contributed by atoms with Gasteiger partial charge < -0.3 is 10.5 Å². The number of aryl methyl sites for hydroxylation is 1. The zero-order valence-electron chi connectivity index (χ0n) is 11.0. The fourth-order valence-corrected chi connectivity index (χ4v) is 3.44. The summed E-state index contributed by atoms with van der Waals surface area (Å²) >= 11 is 1.63. The summed E-state index contributed by atoms with van der Waals surface area (Å²) in [6.07, 6.45) is 6.10. The Morgan fingerprint density at radius 2 is 2.40 bits per heavy atom. The van der Waals surface area contributed by atoms with Crippen LogP contribution in [0.25, 0.3) is 4.96 Å². The lowest BCUT2D eigenvalue weighted by Crippen LogP contribution is -2.05. The fraction of sp³-hybridized carbons (Fsp3) is 0.267. The summed E-state index contributed by atoms with van der Waals surface area (Å²) in [5, 5.41) is 2.02. The third-order valence-corrected chi connectivity index (χ3v) is 4.54. The van der Waals surface area contributed by atoms with Crippen LogP contribution in [0.3, 0.4) is 0 Å². The van der Waals surface area contributed by atoms with E-state index in [1.54, 1.807) is 11.3 Å². The molecule has 0 saturated heterocycles. The Labute approximate surface area is 120 Å². The van der Waals surface area contributed by atoms with E-state index < -0.39 is 0 Å². The second-order valence-corrected chi connectivity index (χ2v) is 5.99. The molecule has 0 amide bonds. The molecule has 2 heterocycles. The zero-order chi connectivity index (χ0) is 13.5. The number of fused-ring (bicyclic) bond motifs is 2. The third-order valence-electron chi connectivity index (χ3n) is 3.77. The van der Waals surface area contributed by atoms with Crippen molar-refractivity contribution in [1.82, 2.24) is 9.38 Å². The number of imidazole rings is 1. The van der Waals surface area contributed by atoms with Gasteiger partial charge in [0.25, 0.3) is 0 Å². The standard InChI is InChI=1S/C15H15N3OS/c16-14-4-1-10-7-12(2-3-13(10)14)19-9-11-8-18-5-6-20-15(18)17-11/h2-3,5-8,14H,1,4,9,16H2/t14-/m0/s1. The third kappa shape index (κ3) is 1.99. The molecule has 1 atom stereocenters. The van der Waals surface area contributed by atoms with Crippen molar-refractivity contribution in [3.63, 3.8) is 0 Å².